The van der Waals surface area contributed by atoms with Gasteiger partial charge in [-0.05, 0) is 31.9 Å². The van der Waals surface area contributed by atoms with Crippen molar-refractivity contribution in [2.45, 2.75) is 32.6 Å². The smallest absolute Gasteiger partial charge is 0.222 e. The Balaban J connectivity index is 0.00000312. The third kappa shape index (κ3) is 8.42. The highest BCUT2D eigenvalue weighted by Gasteiger charge is 2.18. The highest BCUT2D eigenvalue weighted by Crippen LogP contribution is 2.09. The molecule has 1 amide bonds. The Hall–Kier alpha value is -1.51. The molecule has 0 aromatic carbocycles. The number of hydrogen-bond acceptors (Lipinski definition) is 3. The molecule has 0 saturated carbocycles. The molecule has 25 heavy (non-hydrogen) atoms. The summed E-state index contributed by atoms with van der Waals surface area (Å²) in [5, 5.41) is 6.63. The van der Waals surface area contributed by atoms with Gasteiger partial charge in [-0.15, -0.1) is 24.0 Å². The van der Waals surface area contributed by atoms with Crippen LogP contribution in [0, 0.1) is 0 Å². The molecule has 2 rings (SSSR count). The molecule has 2 N–H and O–H groups in total. The van der Waals surface area contributed by atoms with Gasteiger partial charge < -0.3 is 20.0 Å². The van der Waals surface area contributed by atoms with Crippen LogP contribution in [0.1, 0.15) is 31.9 Å². The van der Waals surface area contributed by atoms with Crippen molar-refractivity contribution in [1.82, 2.24) is 15.5 Å². The van der Waals surface area contributed by atoms with Crippen molar-refractivity contribution in [3.05, 3.63) is 36.3 Å². The van der Waals surface area contributed by atoms with E-state index >= 15 is 0 Å². The fourth-order valence-corrected chi connectivity index (χ4v) is 2.56. The normalized spacial score (nSPS) is 14.4. The molecule has 0 spiro atoms. The highest BCUT2D eigenvalue weighted by molar-refractivity contribution is 14.0. The highest BCUT2D eigenvalue weighted by atomic mass is 127. The molecule has 6 nitrogen and oxygen atoms in total. The summed E-state index contributed by atoms with van der Waals surface area (Å²) in [7, 11) is 0. The second-order valence-electron chi connectivity index (χ2n) is 6.14. The number of halogens is 1. The largest absolute Gasteiger partial charge is 0.469 e. The van der Waals surface area contributed by atoms with Gasteiger partial charge in [0.2, 0.25) is 5.91 Å². The van der Waals surface area contributed by atoms with Crippen molar-refractivity contribution < 1.29 is 9.21 Å². The van der Waals surface area contributed by atoms with Gasteiger partial charge in [-0.2, -0.15) is 0 Å². The summed E-state index contributed by atoms with van der Waals surface area (Å²) in [5.74, 6) is 2.01. The summed E-state index contributed by atoms with van der Waals surface area (Å²) >= 11 is 0. The number of likely N-dealkylation sites (tertiary alicyclic amines) is 1. The summed E-state index contributed by atoms with van der Waals surface area (Å²) in [6, 6.07) is 3.86. The Morgan fingerprint density at radius 1 is 1.40 bits per heavy atom. The summed E-state index contributed by atoms with van der Waals surface area (Å²) < 4.78 is 5.33. The van der Waals surface area contributed by atoms with Gasteiger partial charge in [-0.3, -0.25) is 4.79 Å². The molecule has 7 heteroatoms. The maximum atomic E-state index is 11.6. The fraction of sp³-hybridized carbons (Fsp3) is 0.556. The number of carbonyl (C=O) groups is 1. The lowest BCUT2D eigenvalue weighted by Crippen LogP contribution is -2.40. The zero-order valence-electron chi connectivity index (χ0n) is 14.9. The number of carbonyl (C=O) groups excluding carboxylic acids is 1. The zero-order chi connectivity index (χ0) is 17.2. The SMILES string of the molecule is C=C(C)CN=C(NCCCN1CCCC1=O)NCCc1ccco1.I. The summed E-state index contributed by atoms with van der Waals surface area (Å²) in [5.41, 5.74) is 1.02. The number of furan rings is 1. The molecular formula is C18H29IN4O2. The predicted octanol–water partition coefficient (Wildman–Crippen LogP) is 2.56. The molecule has 1 saturated heterocycles. The lowest BCUT2D eigenvalue weighted by molar-refractivity contribution is -0.127. The average Bonchev–Trinajstić information content (AvgIpc) is 3.20. The molecule has 0 radical (unpaired) electrons. The summed E-state index contributed by atoms with van der Waals surface area (Å²) in [6.45, 7) is 9.69. The van der Waals surface area contributed by atoms with E-state index in [0.717, 1.165) is 62.7 Å². The van der Waals surface area contributed by atoms with E-state index in [1.807, 2.05) is 24.0 Å². The molecule has 1 fully saturated rings. The number of rotatable bonds is 9. The van der Waals surface area contributed by atoms with Crippen LogP contribution in [0.4, 0.5) is 0 Å². The Kier molecular flexibility index (Phi) is 10.3. The number of nitrogens with zero attached hydrogens (tertiary/aromatic N) is 2. The number of nitrogens with one attached hydrogen (secondary N) is 2. The Bertz CT molecular complexity index is 557. The molecule has 0 bridgehead atoms. The first-order valence-corrected chi connectivity index (χ1v) is 8.62. The van der Waals surface area contributed by atoms with Gasteiger partial charge in [0.25, 0.3) is 0 Å². The van der Waals surface area contributed by atoms with Gasteiger partial charge in [0.1, 0.15) is 5.76 Å². The van der Waals surface area contributed by atoms with Gasteiger partial charge >= 0.3 is 0 Å². The minimum Gasteiger partial charge on any atom is -0.469 e. The maximum absolute atomic E-state index is 11.6. The van der Waals surface area contributed by atoms with Crippen LogP contribution in [-0.2, 0) is 11.2 Å². The number of aliphatic imine (C=N–C) groups is 1. The molecule has 1 aromatic heterocycles. The molecular weight excluding hydrogens is 431 g/mol. The van der Waals surface area contributed by atoms with Crippen LogP contribution in [-0.4, -0.2) is 49.5 Å². The first kappa shape index (κ1) is 21.5. The van der Waals surface area contributed by atoms with Crippen LogP contribution in [0.15, 0.2) is 40.0 Å². The first-order chi connectivity index (χ1) is 11.6. The molecule has 1 aliphatic heterocycles. The van der Waals surface area contributed by atoms with E-state index < -0.39 is 0 Å². The van der Waals surface area contributed by atoms with Crippen LogP contribution in [0.5, 0.6) is 0 Å². The predicted molar refractivity (Wildman–Crippen MR) is 111 cm³/mol. The number of guanidine groups is 1. The van der Waals surface area contributed by atoms with E-state index in [-0.39, 0.29) is 29.9 Å². The third-order valence-electron chi connectivity index (χ3n) is 3.82. The van der Waals surface area contributed by atoms with E-state index in [0.29, 0.717) is 13.0 Å². The van der Waals surface area contributed by atoms with Gasteiger partial charge in [-0.1, -0.05) is 12.2 Å². The molecule has 140 valence electrons. The molecule has 2 heterocycles. The van der Waals surface area contributed by atoms with E-state index in [2.05, 4.69) is 22.2 Å². The van der Waals surface area contributed by atoms with Crippen LogP contribution in [0.2, 0.25) is 0 Å². The van der Waals surface area contributed by atoms with Crippen LogP contribution < -0.4 is 10.6 Å². The van der Waals surface area contributed by atoms with Gasteiger partial charge in [0, 0.05) is 39.0 Å². The molecule has 1 aromatic rings. The van der Waals surface area contributed by atoms with Crippen molar-refractivity contribution in [2.75, 3.05) is 32.7 Å². The zero-order valence-corrected chi connectivity index (χ0v) is 17.3. The van der Waals surface area contributed by atoms with Gasteiger partial charge in [0.15, 0.2) is 5.96 Å². The first-order valence-electron chi connectivity index (χ1n) is 8.62. The monoisotopic (exact) mass is 460 g/mol. The fourth-order valence-electron chi connectivity index (χ4n) is 2.56. The maximum Gasteiger partial charge on any atom is 0.222 e. The van der Waals surface area contributed by atoms with E-state index in [4.69, 9.17) is 4.42 Å². The number of amides is 1. The van der Waals surface area contributed by atoms with Gasteiger partial charge in [-0.25, -0.2) is 4.99 Å². The van der Waals surface area contributed by atoms with Crippen LogP contribution in [0.3, 0.4) is 0 Å². The standard InChI is InChI=1S/C18H28N4O2.HI/c1-15(2)14-21-18(20-10-8-16-6-4-13-24-16)19-9-5-12-22-11-3-7-17(22)23;/h4,6,13H,1,3,5,7-12,14H2,2H3,(H2,19,20,21);1H. The van der Waals surface area contributed by atoms with Crippen LogP contribution >= 0.6 is 24.0 Å². The Labute approximate surface area is 167 Å². The Morgan fingerprint density at radius 3 is 2.84 bits per heavy atom. The molecule has 0 atom stereocenters. The second-order valence-corrected chi connectivity index (χ2v) is 6.14. The quantitative estimate of drug-likeness (QED) is 0.196. The van der Waals surface area contributed by atoms with Crippen molar-refractivity contribution in [1.29, 1.82) is 0 Å². The van der Waals surface area contributed by atoms with Crippen molar-refractivity contribution >= 4 is 35.8 Å². The minimum absolute atomic E-state index is 0. The second kappa shape index (κ2) is 11.9. The van der Waals surface area contributed by atoms with Crippen molar-refractivity contribution in [3.63, 3.8) is 0 Å². The average molecular weight is 460 g/mol. The lowest BCUT2D eigenvalue weighted by Gasteiger charge is -2.16. The van der Waals surface area contributed by atoms with Crippen molar-refractivity contribution in [2.24, 2.45) is 4.99 Å². The van der Waals surface area contributed by atoms with Crippen LogP contribution in [0.25, 0.3) is 0 Å². The summed E-state index contributed by atoms with van der Waals surface area (Å²) in [6.07, 6.45) is 5.10. The summed E-state index contributed by atoms with van der Waals surface area (Å²) in [4.78, 5) is 18.0. The minimum atomic E-state index is 0. The molecule has 1 aliphatic rings. The molecule has 0 unspecified atom stereocenters. The van der Waals surface area contributed by atoms with E-state index in [1.54, 1.807) is 6.26 Å². The topological polar surface area (TPSA) is 69.9 Å². The lowest BCUT2D eigenvalue weighted by atomic mass is 10.3. The van der Waals surface area contributed by atoms with Gasteiger partial charge in [0.05, 0.1) is 12.8 Å². The number of hydrogen-bond donors (Lipinski definition) is 2. The van der Waals surface area contributed by atoms with Crippen molar-refractivity contribution in [3.8, 4) is 0 Å². The van der Waals surface area contributed by atoms with E-state index in [1.165, 1.54) is 0 Å². The Morgan fingerprint density at radius 2 is 2.20 bits per heavy atom. The third-order valence-corrected chi connectivity index (χ3v) is 3.82. The van der Waals surface area contributed by atoms with E-state index in [9.17, 15) is 4.79 Å². The molecule has 0 aliphatic carbocycles.